The summed E-state index contributed by atoms with van der Waals surface area (Å²) in [5, 5.41) is 0. The number of rotatable bonds is 5. The number of unbranched alkanes of at least 4 members (excludes halogenated alkanes) is 1. The van der Waals surface area contributed by atoms with Gasteiger partial charge in [-0.1, -0.05) is 30.3 Å². The quantitative estimate of drug-likeness (QED) is 0.741. The molecule has 0 saturated carbocycles. The summed E-state index contributed by atoms with van der Waals surface area (Å²) < 4.78 is 0. The lowest BCUT2D eigenvalue weighted by Gasteiger charge is -2.39. The van der Waals surface area contributed by atoms with Crippen molar-refractivity contribution in [2.45, 2.75) is 18.8 Å². The molecule has 2 rings (SSSR count). The first-order valence-corrected chi connectivity index (χ1v) is 5.87. The number of nitrogens with zero attached hydrogens (tertiary/aromatic N) is 1. The minimum atomic E-state index is 0.768. The van der Waals surface area contributed by atoms with Gasteiger partial charge < -0.3 is 10.6 Å². The van der Waals surface area contributed by atoms with Gasteiger partial charge in [0.25, 0.3) is 0 Å². The summed E-state index contributed by atoms with van der Waals surface area (Å²) in [4.78, 5) is 2.52. The molecule has 1 aliphatic rings. The predicted octanol–water partition coefficient (Wildman–Crippen LogP) is 1.82. The average molecular weight is 204 g/mol. The Kier molecular flexibility index (Phi) is 3.75. The highest BCUT2D eigenvalue weighted by atomic mass is 15.2. The third kappa shape index (κ3) is 2.80. The molecule has 1 aromatic carbocycles. The third-order valence-electron chi connectivity index (χ3n) is 3.16. The van der Waals surface area contributed by atoms with Crippen molar-refractivity contribution in [3.8, 4) is 0 Å². The van der Waals surface area contributed by atoms with Gasteiger partial charge in [-0.25, -0.2) is 0 Å². The van der Waals surface area contributed by atoms with Crippen LogP contribution in [0.4, 0.5) is 0 Å². The maximum absolute atomic E-state index is 5.47. The topological polar surface area (TPSA) is 29.3 Å². The molecule has 0 bridgehead atoms. The van der Waals surface area contributed by atoms with Gasteiger partial charge in [-0.3, -0.25) is 0 Å². The van der Waals surface area contributed by atoms with Gasteiger partial charge in [0.1, 0.15) is 0 Å². The zero-order valence-electron chi connectivity index (χ0n) is 9.23. The molecule has 1 fully saturated rings. The van der Waals surface area contributed by atoms with Crippen LogP contribution in [0, 0.1) is 0 Å². The molecule has 82 valence electrons. The van der Waals surface area contributed by atoms with E-state index >= 15 is 0 Å². The van der Waals surface area contributed by atoms with Crippen LogP contribution in [0.3, 0.4) is 0 Å². The predicted molar refractivity (Wildman–Crippen MR) is 63.9 cm³/mol. The highest BCUT2D eigenvalue weighted by Crippen LogP contribution is 2.26. The lowest BCUT2D eigenvalue weighted by atomic mass is 9.91. The molecule has 1 aliphatic heterocycles. The smallest absolute Gasteiger partial charge is 0.00936 e. The van der Waals surface area contributed by atoms with E-state index in [0.717, 1.165) is 18.9 Å². The van der Waals surface area contributed by atoms with Gasteiger partial charge in [0.05, 0.1) is 0 Å². The number of nitrogens with two attached hydrogens (primary N) is 1. The first kappa shape index (κ1) is 10.7. The van der Waals surface area contributed by atoms with E-state index in [2.05, 4.69) is 35.2 Å². The molecule has 2 nitrogen and oxygen atoms in total. The van der Waals surface area contributed by atoms with Gasteiger partial charge in [0.15, 0.2) is 0 Å². The summed E-state index contributed by atoms with van der Waals surface area (Å²) in [5.41, 5.74) is 6.97. The molecule has 0 unspecified atom stereocenters. The maximum atomic E-state index is 5.47. The molecular formula is C13H20N2. The molecule has 0 amide bonds. The summed E-state index contributed by atoms with van der Waals surface area (Å²) in [6, 6.07) is 10.8. The normalized spacial score (nSPS) is 17.7. The zero-order chi connectivity index (χ0) is 10.5. The van der Waals surface area contributed by atoms with E-state index in [1.807, 2.05) is 0 Å². The molecule has 15 heavy (non-hydrogen) atoms. The Hall–Kier alpha value is -0.860. The van der Waals surface area contributed by atoms with Crippen LogP contribution in [0.5, 0.6) is 0 Å². The van der Waals surface area contributed by atoms with Crippen LogP contribution in [0.2, 0.25) is 0 Å². The minimum absolute atomic E-state index is 0.768. The second-order valence-corrected chi connectivity index (χ2v) is 4.36. The van der Waals surface area contributed by atoms with Crippen molar-refractivity contribution in [3.05, 3.63) is 35.9 Å². The van der Waals surface area contributed by atoms with Crippen LogP contribution in [-0.4, -0.2) is 31.1 Å². The first-order valence-electron chi connectivity index (χ1n) is 5.87. The Morgan fingerprint density at radius 3 is 2.53 bits per heavy atom. The van der Waals surface area contributed by atoms with Crippen molar-refractivity contribution in [1.82, 2.24) is 4.90 Å². The molecule has 1 saturated heterocycles. The van der Waals surface area contributed by atoms with Crippen LogP contribution in [-0.2, 0) is 0 Å². The molecule has 1 heterocycles. The highest BCUT2D eigenvalue weighted by molar-refractivity contribution is 5.22. The van der Waals surface area contributed by atoms with E-state index in [-0.39, 0.29) is 0 Å². The fraction of sp³-hybridized carbons (Fsp3) is 0.538. The second kappa shape index (κ2) is 5.29. The van der Waals surface area contributed by atoms with Crippen LogP contribution < -0.4 is 5.73 Å². The van der Waals surface area contributed by atoms with E-state index in [9.17, 15) is 0 Å². The first-order chi connectivity index (χ1) is 7.40. The van der Waals surface area contributed by atoms with Crippen molar-refractivity contribution in [1.29, 1.82) is 0 Å². The lowest BCUT2D eigenvalue weighted by molar-refractivity contribution is 0.146. The number of likely N-dealkylation sites (tertiary alicyclic amines) is 1. The van der Waals surface area contributed by atoms with Gasteiger partial charge in [-0.05, 0) is 31.5 Å². The van der Waals surface area contributed by atoms with Crippen molar-refractivity contribution >= 4 is 0 Å². The Balaban J connectivity index is 1.70. The summed E-state index contributed by atoms with van der Waals surface area (Å²) in [6.07, 6.45) is 2.41. The number of benzene rings is 1. The van der Waals surface area contributed by atoms with Crippen molar-refractivity contribution in [2.75, 3.05) is 26.2 Å². The molecule has 0 atom stereocenters. The van der Waals surface area contributed by atoms with Crippen LogP contribution in [0.25, 0.3) is 0 Å². The van der Waals surface area contributed by atoms with Crippen LogP contribution >= 0.6 is 0 Å². The standard InChI is InChI=1S/C13H20N2/c14-8-4-5-9-15-10-13(11-15)12-6-2-1-3-7-12/h1-3,6-7,13H,4-5,8-11,14H2. The molecule has 0 aromatic heterocycles. The van der Waals surface area contributed by atoms with Crippen LogP contribution in [0.15, 0.2) is 30.3 Å². The average Bonchev–Trinajstić information content (AvgIpc) is 2.23. The fourth-order valence-electron chi connectivity index (χ4n) is 2.17. The Labute approximate surface area is 92.1 Å². The maximum Gasteiger partial charge on any atom is 0.00936 e. The van der Waals surface area contributed by atoms with Crippen molar-refractivity contribution in [3.63, 3.8) is 0 Å². The number of hydrogen-bond donors (Lipinski definition) is 1. The summed E-state index contributed by atoms with van der Waals surface area (Å²) >= 11 is 0. The summed E-state index contributed by atoms with van der Waals surface area (Å²) in [7, 11) is 0. The summed E-state index contributed by atoms with van der Waals surface area (Å²) in [5.74, 6) is 0.768. The van der Waals surface area contributed by atoms with Crippen LogP contribution in [0.1, 0.15) is 24.3 Å². The molecule has 0 radical (unpaired) electrons. The van der Waals surface area contributed by atoms with E-state index in [4.69, 9.17) is 5.73 Å². The van der Waals surface area contributed by atoms with Crippen molar-refractivity contribution in [2.24, 2.45) is 5.73 Å². The lowest BCUT2D eigenvalue weighted by Crippen LogP contribution is -2.45. The second-order valence-electron chi connectivity index (χ2n) is 4.36. The molecular weight excluding hydrogens is 184 g/mol. The van der Waals surface area contributed by atoms with Gasteiger partial charge in [-0.2, -0.15) is 0 Å². The Morgan fingerprint density at radius 1 is 1.13 bits per heavy atom. The summed E-state index contributed by atoms with van der Waals surface area (Å²) in [6.45, 7) is 4.51. The van der Waals surface area contributed by atoms with E-state index in [0.29, 0.717) is 0 Å². The third-order valence-corrected chi connectivity index (χ3v) is 3.16. The SMILES string of the molecule is NCCCCN1CC(c2ccccc2)C1. The molecule has 0 spiro atoms. The molecule has 1 aromatic rings. The Bertz CT molecular complexity index is 278. The molecule has 0 aliphatic carbocycles. The van der Waals surface area contributed by atoms with Gasteiger partial charge >= 0.3 is 0 Å². The molecule has 2 heteroatoms. The molecule has 2 N–H and O–H groups in total. The minimum Gasteiger partial charge on any atom is -0.330 e. The number of hydrogen-bond acceptors (Lipinski definition) is 2. The zero-order valence-corrected chi connectivity index (χ0v) is 9.23. The van der Waals surface area contributed by atoms with Gasteiger partial charge in [0, 0.05) is 19.0 Å². The van der Waals surface area contributed by atoms with E-state index in [1.165, 1.54) is 31.6 Å². The van der Waals surface area contributed by atoms with E-state index < -0.39 is 0 Å². The monoisotopic (exact) mass is 204 g/mol. The van der Waals surface area contributed by atoms with E-state index in [1.54, 1.807) is 0 Å². The van der Waals surface area contributed by atoms with Gasteiger partial charge in [0.2, 0.25) is 0 Å². The Morgan fingerprint density at radius 2 is 1.87 bits per heavy atom. The van der Waals surface area contributed by atoms with Gasteiger partial charge in [-0.15, -0.1) is 0 Å². The fourth-order valence-corrected chi connectivity index (χ4v) is 2.17. The van der Waals surface area contributed by atoms with Crippen molar-refractivity contribution < 1.29 is 0 Å². The largest absolute Gasteiger partial charge is 0.330 e. The highest BCUT2D eigenvalue weighted by Gasteiger charge is 2.26.